The van der Waals surface area contributed by atoms with Crippen molar-refractivity contribution in [3.63, 3.8) is 0 Å². The molecule has 60 heavy (non-hydrogen) atoms. The molecule has 0 N–H and O–H groups in total. The zero-order chi connectivity index (χ0) is 40.1. The van der Waals surface area contributed by atoms with E-state index in [-0.39, 0.29) is 0 Å². The van der Waals surface area contributed by atoms with Crippen molar-refractivity contribution >= 4 is 0 Å². The highest BCUT2D eigenvalue weighted by atomic mass is 15.0. The number of rotatable bonds is 9. The Hall–Kier alpha value is -8.22. The lowest BCUT2D eigenvalue weighted by molar-refractivity contribution is 1.07. The number of hydrogen-bond donors (Lipinski definition) is 0. The molecule has 10 aromatic rings. The third-order valence-corrected chi connectivity index (χ3v) is 10.6. The van der Waals surface area contributed by atoms with Gasteiger partial charge in [0.25, 0.3) is 0 Å². The molecule has 0 saturated heterocycles. The van der Waals surface area contributed by atoms with Crippen molar-refractivity contribution in [2.45, 2.75) is 0 Å². The summed E-state index contributed by atoms with van der Waals surface area (Å²) in [5.74, 6) is 1.81. The van der Waals surface area contributed by atoms with E-state index < -0.39 is 0 Å². The fourth-order valence-electron chi connectivity index (χ4n) is 7.43. The van der Waals surface area contributed by atoms with Gasteiger partial charge in [-0.25, -0.2) is 15.0 Å². The molecule has 0 amide bonds. The van der Waals surface area contributed by atoms with Gasteiger partial charge in [-0.3, -0.25) is 15.0 Å². The highest BCUT2D eigenvalue weighted by Crippen LogP contribution is 2.33. The van der Waals surface area contributed by atoms with Crippen LogP contribution in [0.3, 0.4) is 0 Å². The molecule has 0 aliphatic carbocycles. The van der Waals surface area contributed by atoms with Crippen LogP contribution in [0.15, 0.2) is 219 Å². The monoisotopic (exact) mass is 768 g/mol. The van der Waals surface area contributed by atoms with E-state index >= 15 is 0 Å². The minimum absolute atomic E-state index is 0.604. The van der Waals surface area contributed by atoms with Crippen LogP contribution in [0.1, 0.15) is 0 Å². The van der Waals surface area contributed by atoms with Gasteiger partial charge in [-0.2, -0.15) is 0 Å². The fraction of sp³-hybridized carbons (Fsp3) is 0. The van der Waals surface area contributed by atoms with Gasteiger partial charge in [0.05, 0.1) is 0 Å². The van der Waals surface area contributed by atoms with E-state index in [1.807, 2.05) is 36.8 Å². The summed E-state index contributed by atoms with van der Waals surface area (Å²) in [6.45, 7) is 0. The lowest BCUT2D eigenvalue weighted by Gasteiger charge is -2.11. The molecule has 0 unspecified atom stereocenters. The molecule has 6 heteroatoms. The minimum Gasteiger partial charge on any atom is -0.264 e. The summed E-state index contributed by atoms with van der Waals surface area (Å²) < 4.78 is 0. The Kier molecular flexibility index (Phi) is 9.84. The van der Waals surface area contributed by atoms with E-state index in [1.165, 1.54) is 0 Å². The Balaban J connectivity index is 0.997. The molecule has 4 heterocycles. The van der Waals surface area contributed by atoms with Crippen molar-refractivity contribution < 1.29 is 0 Å². The summed E-state index contributed by atoms with van der Waals surface area (Å²) in [6.07, 6.45) is 11.1. The van der Waals surface area contributed by atoms with Gasteiger partial charge in [0.1, 0.15) is 0 Å². The van der Waals surface area contributed by atoms with Gasteiger partial charge in [0.2, 0.25) is 0 Å². The second-order valence-corrected chi connectivity index (χ2v) is 14.5. The second kappa shape index (κ2) is 16.3. The molecule has 0 aliphatic rings. The van der Waals surface area contributed by atoms with Gasteiger partial charge in [-0.15, -0.1) is 0 Å². The highest BCUT2D eigenvalue weighted by molar-refractivity contribution is 5.78. The number of pyridine rings is 3. The smallest absolute Gasteiger partial charge is 0.164 e. The summed E-state index contributed by atoms with van der Waals surface area (Å²) in [5.41, 5.74) is 16.0. The Labute approximate surface area is 348 Å². The first-order valence-electron chi connectivity index (χ1n) is 19.8. The predicted molar refractivity (Wildman–Crippen MR) is 242 cm³/mol. The summed E-state index contributed by atoms with van der Waals surface area (Å²) in [6, 6.07) is 63.0. The number of hydrogen-bond acceptors (Lipinski definition) is 6. The number of benzene rings is 6. The Bertz CT molecular complexity index is 2700. The second-order valence-electron chi connectivity index (χ2n) is 14.5. The van der Waals surface area contributed by atoms with E-state index in [9.17, 15) is 0 Å². The van der Waals surface area contributed by atoms with Crippen molar-refractivity contribution in [3.8, 4) is 101 Å². The van der Waals surface area contributed by atoms with Crippen LogP contribution in [-0.4, -0.2) is 29.9 Å². The van der Waals surface area contributed by atoms with E-state index in [1.54, 1.807) is 18.6 Å². The first-order chi connectivity index (χ1) is 29.7. The topological polar surface area (TPSA) is 77.3 Å². The van der Waals surface area contributed by atoms with Crippen molar-refractivity contribution in [1.29, 1.82) is 0 Å². The molecule has 6 aromatic carbocycles. The van der Waals surface area contributed by atoms with E-state index in [0.29, 0.717) is 17.5 Å². The van der Waals surface area contributed by atoms with Gasteiger partial charge in [-0.1, -0.05) is 146 Å². The average Bonchev–Trinajstić information content (AvgIpc) is 3.35. The van der Waals surface area contributed by atoms with E-state index in [0.717, 1.165) is 83.5 Å². The number of nitrogens with zero attached hydrogens (tertiary/aromatic N) is 6. The molecule has 0 bridgehead atoms. The first-order valence-corrected chi connectivity index (χ1v) is 19.8. The van der Waals surface area contributed by atoms with Crippen LogP contribution in [-0.2, 0) is 0 Å². The van der Waals surface area contributed by atoms with Crippen molar-refractivity contribution in [2.75, 3.05) is 0 Å². The molecule has 0 spiro atoms. The quantitative estimate of drug-likeness (QED) is 0.145. The maximum atomic E-state index is 5.07. The summed E-state index contributed by atoms with van der Waals surface area (Å²) in [4.78, 5) is 28.1. The third kappa shape index (κ3) is 7.73. The fourth-order valence-corrected chi connectivity index (χ4v) is 7.43. The maximum absolute atomic E-state index is 5.07. The molecule has 0 fully saturated rings. The van der Waals surface area contributed by atoms with Gasteiger partial charge >= 0.3 is 0 Å². The molecule has 282 valence electrons. The van der Waals surface area contributed by atoms with Gasteiger partial charge < -0.3 is 0 Å². The van der Waals surface area contributed by atoms with Crippen LogP contribution in [0.2, 0.25) is 0 Å². The minimum atomic E-state index is 0.604. The molecular weight excluding hydrogens is 733 g/mol. The zero-order valence-electron chi connectivity index (χ0n) is 32.5. The van der Waals surface area contributed by atoms with Crippen LogP contribution < -0.4 is 0 Å². The normalized spacial score (nSPS) is 11.0. The van der Waals surface area contributed by atoms with Crippen LogP contribution in [0.4, 0.5) is 0 Å². The van der Waals surface area contributed by atoms with Crippen LogP contribution in [0.25, 0.3) is 101 Å². The Morgan fingerprint density at radius 3 is 0.683 bits per heavy atom. The summed E-state index contributed by atoms with van der Waals surface area (Å²) in [7, 11) is 0. The molecule has 0 radical (unpaired) electrons. The zero-order valence-corrected chi connectivity index (χ0v) is 32.5. The van der Waals surface area contributed by atoms with Crippen LogP contribution >= 0.6 is 0 Å². The largest absolute Gasteiger partial charge is 0.264 e. The van der Waals surface area contributed by atoms with Gasteiger partial charge in [0, 0.05) is 70.6 Å². The summed E-state index contributed by atoms with van der Waals surface area (Å²) >= 11 is 0. The molecule has 0 aliphatic heterocycles. The maximum Gasteiger partial charge on any atom is 0.164 e. The molecule has 0 saturated carbocycles. The molecule has 0 atom stereocenters. The predicted octanol–water partition coefficient (Wildman–Crippen LogP) is 13.1. The van der Waals surface area contributed by atoms with Crippen LogP contribution in [0.5, 0.6) is 0 Å². The molecular formula is C54H36N6. The van der Waals surface area contributed by atoms with Crippen LogP contribution in [0, 0.1) is 0 Å². The standard InChI is InChI=1S/C54H36N6/c1-7-43(31-46(10-1)49-13-4-28-55-34-49)37-16-22-40(23-17-37)52-58-53(41-24-18-38(19-25-41)44-8-2-11-47(32-44)50-14-5-29-56-35-50)60-54(59-52)42-26-20-39(21-27-42)45-9-3-12-48(33-45)51-15-6-30-57-36-51/h1-36H. The molecule has 6 nitrogen and oxygen atoms in total. The van der Waals surface area contributed by atoms with Gasteiger partial charge in [-0.05, 0) is 86.5 Å². The van der Waals surface area contributed by atoms with E-state index in [4.69, 9.17) is 15.0 Å². The Morgan fingerprint density at radius 2 is 0.433 bits per heavy atom. The third-order valence-electron chi connectivity index (χ3n) is 10.6. The van der Waals surface area contributed by atoms with Crippen molar-refractivity contribution in [3.05, 3.63) is 219 Å². The summed E-state index contributed by atoms with van der Waals surface area (Å²) in [5, 5.41) is 0. The SMILES string of the molecule is c1cncc(-c2cccc(-c3ccc(-c4nc(-c5ccc(-c6cccc(-c7cccnc7)c6)cc5)nc(-c5ccc(-c6cccc(-c7cccnc7)c6)cc5)n4)cc3)c2)c1. The first kappa shape index (κ1) is 36.1. The average molecular weight is 769 g/mol. The van der Waals surface area contributed by atoms with Crippen molar-refractivity contribution in [1.82, 2.24) is 29.9 Å². The van der Waals surface area contributed by atoms with Crippen molar-refractivity contribution in [2.24, 2.45) is 0 Å². The molecule has 4 aromatic heterocycles. The molecule has 10 rings (SSSR count). The highest BCUT2D eigenvalue weighted by Gasteiger charge is 2.14. The lowest BCUT2D eigenvalue weighted by Crippen LogP contribution is -2.00. The lowest BCUT2D eigenvalue weighted by atomic mass is 9.98. The van der Waals surface area contributed by atoms with E-state index in [2.05, 4.69) is 179 Å². The number of aromatic nitrogens is 6. The van der Waals surface area contributed by atoms with Gasteiger partial charge in [0.15, 0.2) is 17.5 Å². The Morgan fingerprint density at radius 1 is 0.200 bits per heavy atom.